The quantitative estimate of drug-likeness (QED) is 0.157. The SMILES string of the molecule is CC1(C)c2ccccc2-c2ccc(N(c3ccc(-c4ccccc4)cc3)c3ccc(-c4cccc(-c5ccc6c7ccccc7n(-c7ccccc7)c6c5)c4)cc3)cc21. The number of rotatable bonds is 7. The van der Waals surface area contributed by atoms with Crippen LogP contribution in [0, 0.1) is 0 Å². The lowest BCUT2D eigenvalue weighted by Crippen LogP contribution is -2.16. The van der Waals surface area contributed by atoms with Gasteiger partial charge in [-0.2, -0.15) is 0 Å². The first kappa shape index (κ1) is 34.8. The average Bonchev–Trinajstić information content (AvgIpc) is 3.75. The molecule has 2 heteroatoms. The molecule has 59 heavy (non-hydrogen) atoms. The first-order chi connectivity index (χ1) is 29.0. The Morgan fingerprint density at radius 2 is 0.847 bits per heavy atom. The van der Waals surface area contributed by atoms with Gasteiger partial charge in [0.05, 0.1) is 11.0 Å². The summed E-state index contributed by atoms with van der Waals surface area (Å²) in [4.78, 5) is 2.40. The molecule has 0 bridgehead atoms. The number of nitrogens with zero attached hydrogens (tertiary/aromatic N) is 2. The molecule has 1 aliphatic carbocycles. The smallest absolute Gasteiger partial charge is 0.0547 e. The molecule has 11 rings (SSSR count). The van der Waals surface area contributed by atoms with E-state index in [-0.39, 0.29) is 5.41 Å². The van der Waals surface area contributed by atoms with E-state index in [0.717, 1.165) is 17.1 Å². The van der Waals surface area contributed by atoms with Crippen molar-refractivity contribution in [1.82, 2.24) is 4.57 Å². The molecule has 280 valence electrons. The Morgan fingerprint density at radius 3 is 1.59 bits per heavy atom. The van der Waals surface area contributed by atoms with Crippen molar-refractivity contribution in [3.05, 3.63) is 230 Å². The van der Waals surface area contributed by atoms with Crippen LogP contribution < -0.4 is 4.90 Å². The van der Waals surface area contributed by atoms with Crippen molar-refractivity contribution in [3.63, 3.8) is 0 Å². The van der Waals surface area contributed by atoms with Gasteiger partial charge in [-0.1, -0.05) is 166 Å². The standard InChI is InChI=1S/C57H42N2/c1-57(2)53-22-11-9-20-49(53)50-35-33-48(38-54(50)57)58(46-29-24-40(25-30-46)39-14-5-3-6-15-39)47-31-26-41(27-32-47)42-16-13-17-43(36-42)44-28-34-52-51-21-10-12-23-55(51)59(56(52)37-44)45-18-7-4-8-19-45/h3-38H,1-2H3. The fraction of sp³-hybridized carbons (Fsp3) is 0.0526. The number of hydrogen-bond donors (Lipinski definition) is 0. The zero-order chi connectivity index (χ0) is 39.5. The summed E-state index contributed by atoms with van der Waals surface area (Å²) in [6, 6.07) is 79.8. The van der Waals surface area contributed by atoms with E-state index in [4.69, 9.17) is 0 Å². The highest BCUT2D eigenvalue weighted by atomic mass is 15.1. The van der Waals surface area contributed by atoms with Crippen LogP contribution in [0.1, 0.15) is 25.0 Å². The Kier molecular flexibility index (Phi) is 8.20. The maximum absolute atomic E-state index is 2.41. The number of aromatic nitrogens is 1. The molecule has 0 saturated heterocycles. The van der Waals surface area contributed by atoms with Crippen LogP contribution in [0.2, 0.25) is 0 Å². The van der Waals surface area contributed by atoms with Crippen molar-refractivity contribution >= 4 is 38.9 Å². The van der Waals surface area contributed by atoms with Gasteiger partial charge in [0, 0.05) is 38.9 Å². The zero-order valence-electron chi connectivity index (χ0n) is 33.2. The summed E-state index contributed by atoms with van der Waals surface area (Å²) < 4.78 is 2.39. The van der Waals surface area contributed by atoms with Crippen LogP contribution >= 0.6 is 0 Å². The molecule has 10 aromatic rings. The van der Waals surface area contributed by atoms with Crippen LogP contribution in [0.15, 0.2) is 218 Å². The summed E-state index contributed by atoms with van der Waals surface area (Å²) >= 11 is 0. The molecule has 1 aromatic heterocycles. The van der Waals surface area contributed by atoms with Crippen molar-refractivity contribution in [2.75, 3.05) is 4.90 Å². The van der Waals surface area contributed by atoms with E-state index in [2.05, 4.69) is 242 Å². The Hall–Kier alpha value is -7.42. The predicted molar refractivity (Wildman–Crippen MR) is 249 cm³/mol. The van der Waals surface area contributed by atoms with Crippen LogP contribution in [-0.4, -0.2) is 4.57 Å². The topological polar surface area (TPSA) is 8.17 Å². The normalized spacial score (nSPS) is 12.7. The second-order valence-electron chi connectivity index (χ2n) is 16.2. The third kappa shape index (κ3) is 5.87. The van der Waals surface area contributed by atoms with Gasteiger partial charge >= 0.3 is 0 Å². The van der Waals surface area contributed by atoms with Crippen LogP contribution in [0.4, 0.5) is 17.1 Å². The molecule has 0 fully saturated rings. The van der Waals surface area contributed by atoms with Gasteiger partial charge in [-0.25, -0.2) is 0 Å². The minimum Gasteiger partial charge on any atom is -0.310 e. The van der Waals surface area contributed by atoms with E-state index in [1.54, 1.807) is 0 Å². The highest BCUT2D eigenvalue weighted by molar-refractivity contribution is 6.10. The fourth-order valence-corrected chi connectivity index (χ4v) is 9.40. The van der Waals surface area contributed by atoms with E-state index >= 15 is 0 Å². The summed E-state index contributed by atoms with van der Waals surface area (Å²) in [5.41, 5.74) is 19.5. The molecule has 0 N–H and O–H groups in total. The van der Waals surface area contributed by atoms with Gasteiger partial charge in [0.15, 0.2) is 0 Å². The van der Waals surface area contributed by atoms with Crippen LogP contribution in [-0.2, 0) is 5.41 Å². The average molecular weight is 755 g/mol. The lowest BCUT2D eigenvalue weighted by Gasteiger charge is -2.28. The monoisotopic (exact) mass is 754 g/mol. The first-order valence-electron chi connectivity index (χ1n) is 20.5. The van der Waals surface area contributed by atoms with E-state index in [9.17, 15) is 0 Å². The van der Waals surface area contributed by atoms with Gasteiger partial charge in [0.2, 0.25) is 0 Å². The molecular weight excluding hydrogens is 713 g/mol. The largest absolute Gasteiger partial charge is 0.310 e. The van der Waals surface area contributed by atoms with Gasteiger partial charge in [0.1, 0.15) is 0 Å². The van der Waals surface area contributed by atoms with Crippen molar-refractivity contribution < 1.29 is 0 Å². The Balaban J connectivity index is 0.972. The Labute approximate surface area is 345 Å². The third-order valence-corrected chi connectivity index (χ3v) is 12.4. The first-order valence-corrected chi connectivity index (χ1v) is 20.5. The van der Waals surface area contributed by atoms with Crippen molar-refractivity contribution in [2.45, 2.75) is 19.3 Å². The molecular formula is C57H42N2. The number of para-hydroxylation sites is 2. The number of benzene rings is 9. The lowest BCUT2D eigenvalue weighted by molar-refractivity contribution is 0.660. The van der Waals surface area contributed by atoms with Crippen molar-refractivity contribution in [2.24, 2.45) is 0 Å². The van der Waals surface area contributed by atoms with E-state index in [0.29, 0.717) is 0 Å². The second-order valence-corrected chi connectivity index (χ2v) is 16.2. The molecule has 0 radical (unpaired) electrons. The van der Waals surface area contributed by atoms with E-state index in [1.807, 2.05) is 0 Å². The van der Waals surface area contributed by atoms with Crippen LogP contribution in [0.5, 0.6) is 0 Å². The van der Waals surface area contributed by atoms with Gasteiger partial charge in [-0.05, 0) is 122 Å². The Bertz CT molecular complexity index is 3150. The molecule has 1 aliphatic rings. The summed E-state index contributed by atoms with van der Waals surface area (Å²) in [5.74, 6) is 0. The summed E-state index contributed by atoms with van der Waals surface area (Å²) in [7, 11) is 0. The molecule has 0 saturated carbocycles. The van der Waals surface area contributed by atoms with Crippen molar-refractivity contribution in [1.29, 1.82) is 0 Å². The highest BCUT2D eigenvalue weighted by Crippen LogP contribution is 2.50. The molecule has 0 unspecified atom stereocenters. The molecule has 9 aromatic carbocycles. The molecule has 0 spiro atoms. The van der Waals surface area contributed by atoms with Crippen LogP contribution in [0.25, 0.3) is 72.0 Å². The summed E-state index contributed by atoms with van der Waals surface area (Å²) in [6.07, 6.45) is 0. The van der Waals surface area contributed by atoms with Crippen molar-refractivity contribution in [3.8, 4) is 50.2 Å². The van der Waals surface area contributed by atoms with Crippen LogP contribution in [0.3, 0.4) is 0 Å². The molecule has 0 aliphatic heterocycles. The minimum atomic E-state index is -0.0949. The summed E-state index contributed by atoms with van der Waals surface area (Å²) in [6.45, 7) is 4.70. The minimum absolute atomic E-state index is 0.0949. The summed E-state index contributed by atoms with van der Waals surface area (Å²) in [5, 5.41) is 2.53. The van der Waals surface area contributed by atoms with E-state index < -0.39 is 0 Å². The Morgan fingerprint density at radius 1 is 0.339 bits per heavy atom. The maximum atomic E-state index is 2.41. The lowest BCUT2D eigenvalue weighted by atomic mass is 9.82. The van der Waals surface area contributed by atoms with Gasteiger partial charge in [-0.15, -0.1) is 0 Å². The number of anilines is 3. The third-order valence-electron chi connectivity index (χ3n) is 12.4. The molecule has 0 amide bonds. The maximum Gasteiger partial charge on any atom is 0.0547 e. The number of hydrogen-bond acceptors (Lipinski definition) is 1. The second kappa shape index (κ2) is 13.9. The molecule has 0 atom stereocenters. The number of fused-ring (bicyclic) bond motifs is 6. The van der Waals surface area contributed by atoms with Gasteiger partial charge in [0.25, 0.3) is 0 Å². The zero-order valence-corrected chi connectivity index (χ0v) is 33.2. The van der Waals surface area contributed by atoms with Gasteiger partial charge in [-0.3, -0.25) is 0 Å². The van der Waals surface area contributed by atoms with E-state index in [1.165, 1.54) is 83.1 Å². The molecule has 1 heterocycles. The fourth-order valence-electron chi connectivity index (χ4n) is 9.40. The highest BCUT2D eigenvalue weighted by Gasteiger charge is 2.35. The van der Waals surface area contributed by atoms with Gasteiger partial charge < -0.3 is 9.47 Å². The molecule has 2 nitrogen and oxygen atoms in total. The predicted octanol–water partition coefficient (Wildman–Crippen LogP) is 15.6.